The lowest BCUT2D eigenvalue weighted by Crippen LogP contribution is -2.39. The minimum absolute atomic E-state index is 0.0443. The van der Waals surface area contributed by atoms with Gasteiger partial charge in [-0.05, 0) is 68.8 Å². The average molecular weight is 321 g/mol. The summed E-state index contributed by atoms with van der Waals surface area (Å²) in [5.41, 5.74) is 4.82. The number of benzene rings is 2. The van der Waals surface area contributed by atoms with Crippen molar-refractivity contribution in [3.63, 3.8) is 0 Å². The van der Waals surface area contributed by atoms with Crippen LogP contribution in [0.1, 0.15) is 29.2 Å². The quantitative estimate of drug-likeness (QED) is 0.915. The van der Waals surface area contributed by atoms with Crippen molar-refractivity contribution in [2.24, 2.45) is 0 Å². The summed E-state index contributed by atoms with van der Waals surface area (Å²) in [6.45, 7) is 6.57. The van der Waals surface area contributed by atoms with E-state index in [4.69, 9.17) is 5.26 Å². The summed E-state index contributed by atoms with van der Waals surface area (Å²) in [6.07, 6.45) is 0. The molecular formula is C20H23N3O. The minimum atomic E-state index is -0.280. The number of rotatable bonds is 5. The molecule has 0 aromatic heterocycles. The first-order valence-electron chi connectivity index (χ1n) is 7.98. The van der Waals surface area contributed by atoms with Gasteiger partial charge in [0.05, 0.1) is 17.7 Å². The first-order chi connectivity index (χ1) is 11.4. The maximum Gasteiger partial charge on any atom is 0.241 e. The first-order valence-corrected chi connectivity index (χ1v) is 7.98. The average Bonchev–Trinajstić information content (AvgIpc) is 2.57. The van der Waals surface area contributed by atoms with Crippen LogP contribution < -0.4 is 5.32 Å². The Morgan fingerprint density at radius 2 is 1.96 bits per heavy atom. The number of likely N-dealkylation sites (N-methyl/N-ethyl adjacent to an activating group) is 1. The molecular weight excluding hydrogens is 298 g/mol. The van der Waals surface area contributed by atoms with E-state index in [2.05, 4.69) is 11.4 Å². The Hall–Kier alpha value is -2.64. The number of nitriles is 1. The smallest absolute Gasteiger partial charge is 0.241 e. The predicted molar refractivity (Wildman–Crippen MR) is 96.6 cm³/mol. The van der Waals surface area contributed by atoms with Gasteiger partial charge in [-0.25, -0.2) is 0 Å². The normalized spacial score (nSPS) is 11.8. The van der Waals surface area contributed by atoms with Gasteiger partial charge in [0.2, 0.25) is 5.91 Å². The Labute approximate surface area is 143 Å². The molecule has 1 unspecified atom stereocenters. The van der Waals surface area contributed by atoms with Gasteiger partial charge in [0.15, 0.2) is 0 Å². The second-order valence-corrected chi connectivity index (χ2v) is 6.19. The number of nitrogens with zero attached hydrogens (tertiary/aromatic N) is 2. The van der Waals surface area contributed by atoms with Crippen LogP contribution in [0.3, 0.4) is 0 Å². The number of carbonyl (C=O) groups excluding carboxylic acids is 1. The largest absolute Gasteiger partial charge is 0.325 e. The van der Waals surface area contributed by atoms with Gasteiger partial charge in [-0.1, -0.05) is 18.2 Å². The summed E-state index contributed by atoms with van der Waals surface area (Å²) in [5, 5.41) is 11.9. The van der Waals surface area contributed by atoms with Crippen molar-refractivity contribution < 1.29 is 4.79 Å². The van der Waals surface area contributed by atoms with Crippen LogP contribution in [0.5, 0.6) is 0 Å². The molecule has 1 atom stereocenters. The molecule has 0 aliphatic rings. The van der Waals surface area contributed by atoms with Crippen molar-refractivity contribution in [2.45, 2.75) is 33.4 Å². The molecule has 0 saturated heterocycles. The number of hydrogen-bond donors (Lipinski definition) is 1. The molecule has 124 valence electrons. The van der Waals surface area contributed by atoms with Crippen LogP contribution >= 0.6 is 0 Å². The second kappa shape index (κ2) is 7.76. The Kier molecular flexibility index (Phi) is 5.73. The summed E-state index contributed by atoms with van der Waals surface area (Å²) in [4.78, 5) is 14.4. The number of aryl methyl sites for hydroxylation is 2. The highest BCUT2D eigenvalue weighted by Gasteiger charge is 2.18. The van der Waals surface area contributed by atoms with Gasteiger partial charge in [-0.2, -0.15) is 5.26 Å². The van der Waals surface area contributed by atoms with E-state index < -0.39 is 0 Å². The molecule has 0 saturated carbocycles. The fourth-order valence-corrected chi connectivity index (χ4v) is 2.43. The highest BCUT2D eigenvalue weighted by atomic mass is 16.2. The van der Waals surface area contributed by atoms with Gasteiger partial charge < -0.3 is 5.32 Å². The summed E-state index contributed by atoms with van der Waals surface area (Å²) in [6, 6.07) is 15.2. The molecule has 0 radical (unpaired) electrons. The first kappa shape index (κ1) is 17.7. The lowest BCUT2D eigenvalue weighted by molar-refractivity contribution is -0.120. The molecule has 0 aliphatic heterocycles. The third-order valence-electron chi connectivity index (χ3n) is 4.30. The van der Waals surface area contributed by atoms with E-state index in [0.717, 1.165) is 16.8 Å². The van der Waals surface area contributed by atoms with Crippen LogP contribution in [-0.2, 0) is 11.3 Å². The van der Waals surface area contributed by atoms with Crippen LogP contribution in [0.25, 0.3) is 0 Å². The Morgan fingerprint density at radius 1 is 1.21 bits per heavy atom. The SMILES string of the molecule is Cc1ccc(NC(=O)C(C)N(C)Cc2cccc(C#N)c2)cc1C. The standard InChI is InChI=1S/C20H23N3O/c1-14-8-9-19(10-15(14)2)22-20(24)16(3)23(4)13-18-7-5-6-17(11-18)12-21/h5-11,16H,13H2,1-4H3,(H,22,24). The molecule has 0 fully saturated rings. The molecule has 1 N–H and O–H groups in total. The van der Waals surface area contributed by atoms with E-state index in [1.165, 1.54) is 5.56 Å². The molecule has 0 spiro atoms. The van der Waals surface area contributed by atoms with E-state index in [0.29, 0.717) is 12.1 Å². The van der Waals surface area contributed by atoms with Gasteiger partial charge in [0, 0.05) is 12.2 Å². The summed E-state index contributed by atoms with van der Waals surface area (Å²) < 4.78 is 0. The van der Waals surface area contributed by atoms with Crippen LogP contribution in [0.4, 0.5) is 5.69 Å². The van der Waals surface area contributed by atoms with Crippen molar-refractivity contribution in [2.75, 3.05) is 12.4 Å². The number of amides is 1. The van der Waals surface area contributed by atoms with Crippen LogP contribution in [0, 0.1) is 25.2 Å². The zero-order valence-electron chi connectivity index (χ0n) is 14.6. The van der Waals surface area contributed by atoms with Crippen LogP contribution in [-0.4, -0.2) is 23.9 Å². The fourth-order valence-electron chi connectivity index (χ4n) is 2.43. The van der Waals surface area contributed by atoms with Gasteiger partial charge in [-0.3, -0.25) is 9.69 Å². The molecule has 4 nitrogen and oxygen atoms in total. The van der Waals surface area contributed by atoms with Gasteiger partial charge >= 0.3 is 0 Å². The topological polar surface area (TPSA) is 56.1 Å². The van der Waals surface area contributed by atoms with Crippen molar-refractivity contribution in [3.8, 4) is 6.07 Å². The molecule has 2 aromatic rings. The number of carbonyl (C=O) groups is 1. The Balaban J connectivity index is 2.01. The van der Waals surface area contributed by atoms with Crippen LogP contribution in [0.15, 0.2) is 42.5 Å². The molecule has 0 bridgehead atoms. The summed E-state index contributed by atoms with van der Waals surface area (Å²) in [7, 11) is 1.91. The monoisotopic (exact) mass is 321 g/mol. The predicted octanol–water partition coefficient (Wildman–Crippen LogP) is 3.63. The van der Waals surface area contributed by atoms with Gasteiger partial charge in [-0.15, -0.1) is 0 Å². The third-order valence-corrected chi connectivity index (χ3v) is 4.30. The maximum absolute atomic E-state index is 12.5. The van der Waals surface area contributed by atoms with Crippen LogP contribution in [0.2, 0.25) is 0 Å². The fraction of sp³-hybridized carbons (Fsp3) is 0.300. The Morgan fingerprint density at radius 3 is 2.62 bits per heavy atom. The van der Waals surface area contributed by atoms with Crippen molar-refractivity contribution >= 4 is 11.6 Å². The highest BCUT2D eigenvalue weighted by Crippen LogP contribution is 2.15. The number of anilines is 1. The van der Waals surface area contributed by atoms with Crippen molar-refractivity contribution in [1.82, 2.24) is 4.90 Å². The molecule has 0 heterocycles. The highest BCUT2D eigenvalue weighted by molar-refractivity contribution is 5.94. The number of nitrogens with one attached hydrogen (secondary N) is 1. The van der Waals surface area contributed by atoms with Gasteiger partial charge in [0.25, 0.3) is 0 Å². The zero-order valence-corrected chi connectivity index (χ0v) is 14.6. The lowest BCUT2D eigenvalue weighted by atomic mass is 10.1. The van der Waals surface area contributed by atoms with E-state index in [1.54, 1.807) is 6.07 Å². The second-order valence-electron chi connectivity index (χ2n) is 6.19. The summed E-state index contributed by atoms with van der Waals surface area (Å²) >= 11 is 0. The third kappa shape index (κ3) is 4.43. The van der Waals surface area contributed by atoms with Gasteiger partial charge in [0.1, 0.15) is 0 Å². The molecule has 2 aromatic carbocycles. The molecule has 1 amide bonds. The molecule has 0 aliphatic carbocycles. The van der Waals surface area contributed by atoms with Crippen molar-refractivity contribution in [3.05, 3.63) is 64.7 Å². The van der Waals surface area contributed by atoms with Crippen molar-refractivity contribution in [1.29, 1.82) is 5.26 Å². The Bertz CT molecular complexity index is 777. The van der Waals surface area contributed by atoms with E-state index in [9.17, 15) is 4.79 Å². The van der Waals surface area contributed by atoms with E-state index in [-0.39, 0.29) is 11.9 Å². The van der Waals surface area contributed by atoms with E-state index in [1.807, 2.05) is 69.1 Å². The lowest BCUT2D eigenvalue weighted by Gasteiger charge is -2.24. The molecule has 24 heavy (non-hydrogen) atoms. The zero-order chi connectivity index (χ0) is 17.7. The minimum Gasteiger partial charge on any atom is -0.325 e. The van der Waals surface area contributed by atoms with E-state index >= 15 is 0 Å². The number of hydrogen-bond acceptors (Lipinski definition) is 3. The maximum atomic E-state index is 12.5. The molecule has 4 heteroatoms. The molecule has 2 rings (SSSR count). The summed E-state index contributed by atoms with van der Waals surface area (Å²) in [5.74, 6) is -0.0443.